The molecule has 1 amide bonds. The summed E-state index contributed by atoms with van der Waals surface area (Å²) in [5, 5.41) is 2.41. The van der Waals surface area contributed by atoms with Gasteiger partial charge in [-0.15, -0.1) is 0 Å². The maximum absolute atomic E-state index is 12.0. The second-order valence-electron chi connectivity index (χ2n) is 4.67. The lowest BCUT2D eigenvalue weighted by Gasteiger charge is -2.10. The largest absolute Gasteiger partial charge is 0.444 e. The van der Waals surface area contributed by atoms with E-state index in [1.165, 1.54) is 0 Å². The van der Waals surface area contributed by atoms with Crippen molar-refractivity contribution in [1.82, 2.24) is 10.3 Å². The number of nitrogens with one attached hydrogen (secondary N) is 1. The quantitative estimate of drug-likeness (QED) is 0.832. The summed E-state index contributed by atoms with van der Waals surface area (Å²) in [4.78, 5) is 16.2. The van der Waals surface area contributed by atoms with Crippen LogP contribution in [0.25, 0.3) is 0 Å². The zero-order valence-electron chi connectivity index (χ0n) is 11.6. The van der Waals surface area contributed by atoms with Gasteiger partial charge in [-0.1, -0.05) is 30.3 Å². The molecule has 106 valence electrons. The van der Waals surface area contributed by atoms with Gasteiger partial charge in [0.05, 0.1) is 17.5 Å². The van der Waals surface area contributed by atoms with Crippen molar-refractivity contribution >= 4 is 18.5 Å². The Bertz CT molecular complexity index is 561. The van der Waals surface area contributed by atoms with Gasteiger partial charge in [-0.3, -0.25) is 4.79 Å². The van der Waals surface area contributed by atoms with E-state index in [0.29, 0.717) is 18.9 Å². The normalized spacial score (nSPS) is 12.2. The molecule has 20 heavy (non-hydrogen) atoms. The highest BCUT2D eigenvalue weighted by Gasteiger charge is 2.15. The van der Waals surface area contributed by atoms with Crippen molar-refractivity contribution in [2.75, 3.05) is 0 Å². The van der Waals surface area contributed by atoms with E-state index in [2.05, 4.69) is 22.9 Å². The van der Waals surface area contributed by atoms with Gasteiger partial charge in [0.15, 0.2) is 0 Å². The minimum Gasteiger partial charge on any atom is -0.444 e. The number of thiol groups is 1. The minimum absolute atomic E-state index is 0.120. The summed E-state index contributed by atoms with van der Waals surface area (Å²) < 4.78 is 5.41. The molecule has 0 saturated carbocycles. The Morgan fingerprint density at radius 1 is 1.35 bits per heavy atom. The molecule has 0 aliphatic heterocycles. The van der Waals surface area contributed by atoms with Crippen molar-refractivity contribution in [2.45, 2.75) is 32.1 Å². The van der Waals surface area contributed by atoms with Crippen LogP contribution in [0.1, 0.15) is 22.9 Å². The van der Waals surface area contributed by atoms with E-state index >= 15 is 0 Å². The number of nitrogens with zero attached hydrogens (tertiary/aromatic N) is 1. The standard InChI is InChI=1S/C15H18N2O2S/c1-10-11(2)19-14(17-10)9-16-15(18)13(20)8-12-6-4-3-5-7-12/h3-7,13,20H,8-9H2,1-2H3,(H,16,18). The van der Waals surface area contributed by atoms with Gasteiger partial charge >= 0.3 is 0 Å². The molecule has 5 heteroatoms. The average Bonchev–Trinajstić information content (AvgIpc) is 2.76. The molecule has 1 aromatic heterocycles. The number of carbonyl (C=O) groups excluding carboxylic acids is 1. The van der Waals surface area contributed by atoms with Crippen LogP contribution in [0, 0.1) is 13.8 Å². The van der Waals surface area contributed by atoms with Crippen molar-refractivity contribution in [3.8, 4) is 0 Å². The summed E-state index contributed by atoms with van der Waals surface area (Å²) in [5.74, 6) is 1.18. The smallest absolute Gasteiger partial charge is 0.233 e. The fourth-order valence-corrected chi connectivity index (χ4v) is 2.13. The van der Waals surface area contributed by atoms with E-state index in [1.807, 2.05) is 44.2 Å². The summed E-state index contributed by atoms with van der Waals surface area (Å²) in [5.41, 5.74) is 1.94. The topological polar surface area (TPSA) is 55.1 Å². The third kappa shape index (κ3) is 3.87. The number of rotatable bonds is 5. The van der Waals surface area contributed by atoms with Gasteiger partial charge in [-0.2, -0.15) is 12.6 Å². The Labute approximate surface area is 124 Å². The highest BCUT2D eigenvalue weighted by molar-refractivity contribution is 7.81. The van der Waals surface area contributed by atoms with E-state index in [9.17, 15) is 4.79 Å². The first-order chi connectivity index (χ1) is 9.56. The van der Waals surface area contributed by atoms with Crippen LogP contribution in [0.4, 0.5) is 0 Å². The predicted octanol–water partition coefficient (Wildman–Crippen LogP) is 2.45. The van der Waals surface area contributed by atoms with Crippen LogP contribution in [0.3, 0.4) is 0 Å². The fourth-order valence-electron chi connectivity index (χ4n) is 1.83. The van der Waals surface area contributed by atoms with Crippen LogP contribution in [0.15, 0.2) is 34.7 Å². The summed E-state index contributed by atoms with van der Waals surface area (Å²) >= 11 is 4.35. The lowest BCUT2D eigenvalue weighted by molar-refractivity contribution is -0.120. The molecule has 0 radical (unpaired) electrons. The van der Waals surface area contributed by atoms with Gasteiger partial charge in [0.1, 0.15) is 5.76 Å². The molecule has 1 heterocycles. The molecule has 1 aromatic carbocycles. The molecule has 0 bridgehead atoms. The van der Waals surface area contributed by atoms with E-state index in [-0.39, 0.29) is 11.2 Å². The molecule has 2 rings (SSSR count). The Kier molecular flexibility index (Phi) is 4.84. The first-order valence-electron chi connectivity index (χ1n) is 6.49. The first-order valence-corrected chi connectivity index (χ1v) is 7.00. The maximum Gasteiger partial charge on any atom is 0.233 e. The molecule has 0 aliphatic carbocycles. The van der Waals surface area contributed by atoms with Crippen molar-refractivity contribution in [3.05, 3.63) is 53.2 Å². The number of carbonyl (C=O) groups is 1. The number of hydrogen-bond donors (Lipinski definition) is 2. The van der Waals surface area contributed by atoms with Crippen LogP contribution < -0.4 is 5.32 Å². The van der Waals surface area contributed by atoms with E-state index < -0.39 is 0 Å². The average molecular weight is 290 g/mol. The summed E-state index contributed by atoms with van der Waals surface area (Å²) in [6, 6.07) is 9.82. The number of oxazole rings is 1. The number of hydrogen-bond acceptors (Lipinski definition) is 4. The van der Waals surface area contributed by atoms with E-state index in [0.717, 1.165) is 17.0 Å². The molecule has 1 atom stereocenters. The van der Waals surface area contributed by atoms with E-state index in [4.69, 9.17) is 4.42 Å². The van der Waals surface area contributed by atoms with Gasteiger partial charge in [0, 0.05) is 0 Å². The Morgan fingerprint density at radius 3 is 2.65 bits per heavy atom. The Balaban J connectivity index is 1.85. The molecule has 0 fully saturated rings. The second-order valence-corrected chi connectivity index (χ2v) is 5.30. The second kappa shape index (κ2) is 6.61. The molecule has 4 nitrogen and oxygen atoms in total. The van der Waals surface area contributed by atoms with Crippen molar-refractivity contribution < 1.29 is 9.21 Å². The molecule has 2 aromatic rings. The summed E-state index contributed by atoms with van der Waals surface area (Å²) in [6.45, 7) is 4.02. The Hall–Kier alpha value is -1.75. The predicted molar refractivity (Wildman–Crippen MR) is 80.7 cm³/mol. The van der Waals surface area contributed by atoms with Crippen LogP contribution in [-0.4, -0.2) is 16.1 Å². The fraction of sp³-hybridized carbons (Fsp3) is 0.333. The number of amides is 1. The van der Waals surface area contributed by atoms with E-state index in [1.54, 1.807) is 0 Å². The lowest BCUT2D eigenvalue weighted by atomic mass is 10.1. The molecule has 1 unspecified atom stereocenters. The van der Waals surface area contributed by atoms with Gasteiger partial charge in [0.2, 0.25) is 11.8 Å². The first kappa shape index (κ1) is 14.7. The third-order valence-electron chi connectivity index (χ3n) is 3.06. The SMILES string of the molecule is Cc1nc(CNC(=O)C(S)Cc2ccccc2)oc1C. The maximum atomic E-state index is 12.0. The molecule has 1 N–H and O–H groups in total. The summed E-state index contributed by atoms with van der Waals surface area (Å²) in [7, 11) is 0. The molecular formula is C15H18N2O2S. The number of benzene rings is 1. The van der Waals surface area contributed by atoms with Crippen LogP contribution >= 0.6 is 12.6 Å². The van der Waals surface area contributed by atoms with Gasteiger partial charge in [-0.25, -0.2) is 4.98 Å². The molecule has 0 saturated heterocycles. The van der Waals surface area contributed by atoms with Gasteiger partial charge < -0.3 is 9.73 Å². The molecule has 0 aliphatic rings. The highest BCUT2D eigenvalue weighted by Crippen LogP contribution is 2.10. The van der Waals surface area contributed by atoms with Crippen molar-refractivity contribution in [3.63, 3.8) is 0 Å². The summed E-state index contributed by atoms with van der Waals surface area (Å²) in [6.07, 6.45) is 0.597. The highest BCUT2D eigenvalue weighted by atomic mass is 32.1. The number of aromatic nitrogens is 1. The zero-order chi connectivity index (χ0) is 14.5. The monoisotopic (exact) mass is 290 g/mol. The van der Waals surface area contributed by atoms with Crippen LogP contribution in [0.2, 0.25) is 0 Å². The van der Waals surface area contributed by atoms with Crippen LogP contribution in [-0.2, 0) is 17.8 Å². The van der Waals surface area contributed by atoms with Gasteiger partial charge in [0.25, 0.3) is 0 Å². The van der Waals surface area contributed by atoms with Gasteiger partial charge in [-0.05, 0) is 25.8 Å². The zero-order valence-corrected chi connectivity index (χ0v) is 12.5. The third-order valence-corrected chi connectivity index (χ3v) is 3.48. The Morgan fingerprint density at radius 2 is 2.05 bits per heavy atom. The van der Waals surface area contributed by atoms with Crippen molar-refractivity contribution in [1.29, 1.82) is 0 Å². The lowest BCUT2D eigenvalue weighted by Crippen LogP contribution is -2.32. The molecule has 0 spiro atoms. The molecular weight excluding hydrogens is 272 g/mol. The van der Waals surface area contributed by atoms with Crippen molar-refractivity contribution in [2.24, 2.45) is 0 Å². The minimum atomic E-state index is -0.380. The van der Waals surface area contributed by atoms with Crippen LogP contribution in [0.5, 0.6) is 0 Å². The number of aryl methyl sites for hydroxylation is 2.